The maximum absolute atomic E-state index is 12.8. The maximum atomic E-state index is 12.8. The molecule has 2 rings (SSSR count). The van der Waals surface area contributed by atoms with E-state index in [9.17, 15) is 13.2 Å². The number of nitrogen functional groups attached to an aromatic ring is 1. The zero-order valence-corrected chi connectivity index (χ0v) is 9.10. The van der Waals surface area contributed by atoms with Crippen LogP contribution in [0.15, 0.2) is 24.4 Å². The van der Waals surface area contributed by atoms with Gasteiger partial charge in [-0.05, 0) is 12.1 Å². The van der Waals surface area contributed by atoms with Crippen molar-refractivity contribution in [3.05, 3.63) is 35.0 Å². The summed E-state index contributed by atoms with van der Waals surface area (Å²) in [5, 5.41) is 0.0218. The monoisotopic (exact) mass is 261 g/mol. The first kappa shape index (κ1) is 11.8. The number of nitrogens with two attached hydrogens (primary N) is 1. The number of nitrogens with one attached hydrogen (secondary N) is 1. The number of H-pyrrole nitrogens is 1. The average Bonchev–Trinajstić information content (AvgIpc) is 2.63. The molecule has 0 unspecified atom stereocenters. The van der Waals surface area contributed by atoms with Crippen LogP contribution in [0.3, 0.4) is 0 Å². The van der Waals surface area contributed by atoms with Crippen LogP contribution in [0.1, 0.15) is 5.56 Å². The minimum Gasteiger partial charge on any atom is -0.369 e. The second-order valence-corrected chi connectivity index (χ2v) is 3.81. The van der Waals surface area contributed by atoms with Gasteiger partial charge in [0.15, 0.2) is 5.95 Å². The Balaban J connectivity index is 2.61. The molecule has 1 aromatic carbocycles. The Bertz CT molecular complexity index is 548. The molecule has 0 fully saturated rings. The molecule has 0 saturated carbocycles. The van der Waals surface area contributed by atoms with E-state index in [1.165, 1.54) is 18.3 Å². The topological polar surface area (TPSA) is 54.7 Å². The zero-order chi connectivity index (χ0) is 12.6. The van der Waals surface area contributed by atoms with Crippen LogP contribution >= 0.6 is 11.6 Å². The number of aromatic amines is 1. The van der Waals surface area contributed by atoms with E-state index in [1.807, 2.05) is 0 Å². The minimum atomic E-state index is -4.49. The minimum absolute atomic E-state index is 0.0218. The summed E-state index contributed by atoms with van der Waals surface area (Å²) in [7, 11) is 0. The summed E-state index contributed by atoms with van der Waals surface area (Å²) in [5.74, 6) is 0.0584. The number of nitrogens with zero attached hydrogens (tertiary/aromatic N) is 1. The highest BCUT2D eigenvalue weighted by Crippen LogP contribution is 2.38. The maximum Gasteiger partial charge on any atom is 0.417 e. The summed E-state index contributed by atoms with van der Waals surface area (Å²) in [6.45, 7) is 0. The number of aromatic nitrogens is 2. The molecule has 7 heteroatoms. The molecular weight excluding hydrogens is 255 g/mol. The van der Waals surface area contributed by atoms with E-state index in [1.54, 1.807) is 0 Å². The normalized spacial score (nSPS) is 11.8. The van der Waals surface area contributed by atoms with Crippen LogP contribution in [-0.4, -0.2) is 9.97 Å². The van der Waals surface area contributed by atoms with Crippen LogP contribution in [0.4, 0.5) is 19.1 Å². The molecule has 0 atom stereocenters. The quantitative estimate of drug-likeness (QED) is 0.827. The van der Waals surface area contributed by atoms with Crippen molar-refractivity contribution in [3.63, 3.8) is 0 Å². The Morgan fingerprint density at radius 2 is 2.00 bits per heavy atom. The van der Waals surface area contributed by atoms with E-state index >= 15 is 0 Å². The van der Waals surface area contributed by atoms with Crippen LogP contribution in [0.5, 0.6) is 0 Å². The molecule has 0 aliphatic heterocycles. The van der Waals surface area contributed by atoms with Gasteiger partial charge in [0.1, 0.15) is 0 Å². The van der Waals surface area contributed by atoms with Crippen molar-refractivity contribution >= 4 is 17.5 Å². The lowest BCUT2D eigenvalue weighted by molar-refractivity contribution is -0.137. The fourth-order valence-corrected chi connectivity index (χ4v) is 1.63. The van der Waals surface area contributed by atoms with Gasteiger partial charge in [-0.25, -0.2) is 4.98 Å². The third kappa shape index (κ3) is 2.36. The number of imidazole rings is 1. The highest BCUT2D eigenvalue weighted by atomic mass is 35.5. The van der Waals surface area contributed by atoms with Crippen molar-refractivity contribution in [2.24, 2.45) is 0 Å². The number of alkyl halides is 3. The standard InChI is InChI=1S/C10H7ClF3N3/c11-5-1-2-6(7(3-5)10(12,13)14)8-4-16-9(15)17-8/h1-4H,(H3,15,16,17). The van der Waals surface area contributed by atoms with Gasteiger partial charge in [-0.15, -0.1) is 0 Å². The van der Waals surface area contributed by atoms with Gasteiger partial charge < -0.3 is 10.7 Å². The highest BCUT2D eigenvalue weighted by Gasteiger charge is 2.34. The van der Waals surface area contributed by atoms with Crippen molar-refractivity contribution in [2.75, 3.05) is 5.73 Å². The van der Waals surface area contributed by atoms with Gasteiger partial charge in [0, 0.05) is 10.6 Å². The van der Waals surface area contributed by atoms with E-state index in [0.717, 1.165) is 6.07 Å². The Morgan fingerprint density at radius 1 is 1.29 bits per heavy atom. The Kier molecular flexibility index (Phi) is 2.74. The fourth-order valence-electron chi connectivity index (χ4n) is 1.46. The van der Waals surface area contributed by atoms with Crippen molar-refractivity contribution in [1.29, 1.82) is 0 Å². The molecule has 90 valence electrons. The summed E-state index contributed by atoms with van der Waals surface area (Å²) in [5.41, 5.74) is 4.67. The predicted octanol–water partition coefficient (Wildman–Crippen LogP) is 3.33. The highest BCUT2D eigenvalue weighted by molar-refractivity contribution is 6.30. The van der Waals surface area contributed by atoms with E-state index in [-0.39, 0.29) is 22.2 Å². The molecule has 0 spiro atoms. The van der Waals surface area contributed by atoms with Gasteiger partial charge in [0.2, 0.25) is 0 Å². The third-order valence-corrected chi connectivity index (χ3v) is 2.41. The van der Waals surface area contributed by atoms with Gasteiger partial charge in [-0.2, -0.15) is 13.2 Å². The summed E-state index contributed by atoms with van der Waals surface area (Å²) < 4.78 is 38.4. The van der Waals surface area contributed by atoms with Crippen molar-refractivity contribution in [1.82, 2.24) is 9.97 Å². The second kappa shape index (κ2) is 3.96. The Morgan fingerprint density at radius 3 is 2.53 bits per heavy atom. The van der Waals surface area contributed by atoms with Crippen molar-refractivity contribution < 1.29 is 13.2 Å². The molecule has 0 aliphatic rings. The molecule has 1 aromatic heterocycles. The van der Waals surface area contributed by atoms with Crippen LogP contribution in [0, 0.1) is 0 Å². The Hall–Kier alpha value is -1.69. The van der Waals surface area contributed by atoms with Crippen LogP contribution in [0.25, 0.3) is 11.3 Å². The lowest BCUT2D eigenvalue weighted by Crippen LogP contribution is -2.07. The molecule has 17 heavy (non-hydrogen) atoms. The van der Waals surface area contributed by atoms with Crippen molar-refractivity contribution in [3.8, 4) is 11.3 Å². The van der Waals surface area contributed by atoms with Crippen molar-refractivity contribution in [2.45, 2.75) is 6.18 Å². The number of hydrogen-bond acceptors (Lipinski definition) is 2. The summed E-state index contributed by atoms with van der Waals surface area (Å²) in [6.07, 6.45) is -3.24. The molecule has 2 aromatic rings. The molecule has 0 bridgehead atoms. The van der Waals surface area contributed by atoms with Gasteiger partial charge in [0.25, 0.3) is 0 Å². The molecule has 3 nitrogen and oxygen atoms in total. The predicted molar refractivity (Wildman–Crippen MR) is 58.4 cm³/mol. The van der Waals surface area contributed by atoms with Gasteiger partial charge >= 0.3 is 6.18 Å². The van der Waals surface area contributed by atoms with Gasteiger partial charge in [-0.1, -0.05) is 17.7 Å². The first-order valence-electron chi connectivity index (χ1n) is 4.55. The van der Waals surface area contributed by atoms with Crippen LogP contribution in [0.2, 0.25) is 5.02 Å². The van der Waals surface area contributed by atoms with Gasteiger partial charge in [-0.3, -0.25) is 0 Å². The molecule has 0 aliphatic carbocycles. The lowest BCUT2D eigenvalue weighted by atomic mass is 10.0. The van der Waals surface area contributed by atoms with E-state index in [2.05, 4.69) is 9.97 Å². The number of benzene rings is 1. The van der Waals surface area contributed by atoms with E-state index in [4.69, 9.17) is 17.3 Å². The summed E-state index contributed by atoms with van der Waals surface area (Å²) in [6, 6.07) is 3.52. The van der Waals surface area contributed by atoms with E-state index < -0.39 is 11.7 Å². The number of rotatable bonds is 1. The molecule has 3 N–H and O–H groups in total. The number of hydrogen-bond donors (Lipinski definition) is 2. The molecular formula is C10H7ClF3N3. The summed E-state index contributed by atoms with van der Waals surface area (Å²) >= 11 is 5.57. The number of anilines is 1. The summed E-state index contributed by atoms with van der Waals surface area (Å²) in [4.78, 5) is 6.21. The SMILES string of the molecule is Nc1ncc(-c2ccc(Cl)cc2C(F)(F)F)[nH]1. The molecule has 0 saturated heterocycles. The van der Waals surface area contributed by atoms with Crippen LogP contribution in [-0.2, 0) is 6.18 Å². The first-order chi connectivity index (χ1) is 7.88. The fraction of sp³-hybridized carbons (Fsp3) is 0.100. The van der Waals surface area contributed by atoms with Crippen LogP contribution < -0.4 is 5.73 Å². The second-order valence-electron chi connectivity index (χ2n) is 3.37. The zero-order valence-electron chi connectivity index (χ0n) is 8.35. The lowest BCUT2D eigenvalue weighted by Gasteiger charge is -2.11. The third-order valence-electron chi connectivity index (χ3n) is 2.17. The first-order valence-corrected chi connectivity index (χ1v) is 4.93. The Labute approximate surface area is 99.4 Å². The average molecular weight is 262 g/mol. The number of halogens is 4. The molecule has 0 amide bonds. The molecule has 1 heterocycles. The molecule has 0 radical (unpaired) electrons. The largest absolute Gasteiger partial charge is 0.417 e. The smallest absolute Gasteiger partial charge is 0.369 e. The van der Waals surface area contributed by atoms with E-state index in [0.29, 0.717) is 0 Å². The van der Waals surface area contributed by atoms with Gasteiger partial charge in [0.05, 0.1) is 17.5 Å².